The molecule has 538 valence electrons. The number of hydrogen-bond donors (Lipinski definition) is 0. The second-order valence-electron chi connectivity index (χ2n) is 30.0. The van der Waals surface area contributed by atoms with Crippen LogP contribution in [0.4, 0.5) is 0 Å². The maximum Gasteiger partial charge on any atom is 0.173 e. The van der Waals surface area contributed by atoms with Crippen molar-refractivity contribution in [3.8, 4) is 61.8 Å². The number of benzene rings is 9. The molecule has 0 saturated carbocycles. The Kier molecular flexibility index (Phi) is 24.7. The number of aromatic nitrogens is 5. The summed E-state index contributed by atoms with van der Waals surface area (Å²) in [6.07, 6.45) is 7.72. The van der Waals surface area contributed by atoms with Crippen LogP contribution in [0, 0.1) is 31.2 Å². The van der Waals surface area contributed by atoms with Gasteiger partial charge in [-0.2, -0.15) is 11.3 Å². The Balaban J connectivity index is 0.000000149. The Bertz CT molecular complexity index is 5980. The van der Waals surface area contributed by atoms with Crippen LogP contribution in [0.15, 0.2) is 257 Å². The molecule has 1 aliphatic heterocycles. The maximum atomic E-state index is 12.7. The summed E-state index contributed by atoms with van der Waals surface area (Å²) in [7, 11) is -9.07. The van der Waals surface area contributed by atoms with Gasteiger partial charge >= 0.3 is 0 Å². The average Bonchev–Trinajstić information content (AvgIpc) is 1.55. The van der Waals surface area contributed by atoms with E-state index in [1.165, 1.54) is 74.0 Å². The Hall–Kier alpha value is -7.19. The van der Waals surface area contributed by atoms with Gasteiger partial charge in [-0.1, -0.05) is 237 Å². The minimum absolute atomic E-state index is 0. The Morgan fingerprint density at radius 3 is 1.61 bits per heavy atom. The predicted octanol–water partition coefficient (Wildman–Crippen LogP) is 20.9. The van der Waals surface area contributed by atoms with Gasteiger partial charge < -0.3 is 28.9 Å². The van der Waals surface area contributed by atoms with Crippen LogP contribution in [0.1, 0.15) is 5.56 Å². The number of nitrogens with zero attached hydrogens (tertiary/aromatic N) is 5. The van der Waals surface area contributed by atoms with Crippen molar-refractivity contribution in [1.29, 1.82) is 0 Å². The molecule has 4 radical (unpaired) electrons. The first-order chi connectivity index (χ1) is 48.3. The van der Waals surface area contributed by atoms with Gasteiger partial charge in [0, 0.05) is 126 Å². The summed E-state index contributed by atoms with van der Waals surface area (Å²) >= 11 is 1.83. The molecule has 7 aromatic heterocycles. The monoisotopic (exact) mass is 2190 g/mol. The first-order valence-electron chi connectivity index (χ1n) is 34.2. The minimum Gasteiger partial charge on any atom is -0.500 e. The maximum absolute atomic E-state index is 12.7. The molecule has 16 aromatic rings. The normalized spacial score (nSPS) is 12.3. The second kappa shape index (κ2) is 32.3. The molecular formula is C87H79Ir4N5O3S2Si4-4. The predicted molar refractivity (Wildman–Crippen MR) is 436 cm³/mol. The van der Waals surface area contributed by atoms with Crippen LogP contribution in [-0.2, 0) is 90.3 Å². The van der Waals surface area contributed by atoms with Crippen molar-refractivity contribution in [1.82, 2.24) is 24.5 Å². The van der Waals surface area contributed by atoms with Crippen LogP contribution >= 0.6 is 11.3 Å². The number of para-hydroxylation sites is 3. The number of thiophene rings is 1. The van der Waals surface area contributed by atoms with Gasteiger partial charge in [-0.3, -0.25) is 0 Å². The number of hydrogen-bond acceptors (Lipinski definition) is 8. The van der Waals surface area contributed by atoms with Crippen molar-refractivity contribution >= 4 is 138 Å². The molecule has 0 fully saturated rings. The van der Waals surface area contributed by atoms with E-state index in [0.29, 0.717) is 9.79 Å². The number of sulfone groups is 1. The summed E-state index contributed by atoms with van der Waals surface area (Å²) in [5.74, 6) is 0. The molecule has 1 aliphatic rings. The summed E-state index contributed by atoms with van der Waals surface area (Å²) in [5.41, 5.74) is 16.0. The molecule has 8 heterocycles. The van der Waals surface area contributed by atoms with E-state index in [2.05, 4.69) is 287 Å². The van der Waals surface area contributed by atoms with Gasteiger partial charge in [0.2, 0.25) is 0 Å². The number of pyridine rings is 4. The van der Waals surface area contributed by atoms with Gasteiger partial charge in [0.15, 0.2) is 9.84 Å². The number of aryl methyl sites for hydroxylation is 1. The third kappa shape index (κ3) is 16.6. The van der Waals surface area contributed by atoms with Crippen LogP contribution in [-0.4, -0.2) is 65.2 Å². The molecule has 0 N–H and O–H groups in total. The van der Waals surface area contributed by atoms with E-state index in [-0.39, 0.29) is 80.4 Å². The van der Waals surface area contributed by atoms with Crippen molar-refractivity contribution in [3.63, 3.8) is 0 Å². The molecule has 0 saturated heterocycles. The second-order valence-corrected chi connectivity index (χ2v) is 53.2. The Morgan fingerprint density at radius 2 is 0.943 bits per heavy atom. The zero-order valence-corrected chi connectivity index (χ0v) is 75.9. The molecular weight excluding hydrogens is 2110 g/mol. The third-order valence-electron chi connectivity index (χ3n) is 18.8. The quantitative estimate of drug-likeness (QED) is 0.105. The molecule has 8 nitrogen and oxygen atoms in total. The fourth-order valence-corrected chi connectivity index (χ4v) is 21.6. The molecule has 9 aromatic carbocycles. The first kappa shape index (κ1) is 80.4. The van der Waals surface area contributed by atoms with Gasteiger partial charge in [-0.05, 0) is 121 Å². The number of furan rings is 1. The van der Waals surface area contributed by atoms with E-state index in [0.717, 1.165) is 78.1 Å². The number of fused-ring (bicyclic) bond motifs is 12. The molecule has 0 spiro atoms. The summed E-state index contributed by atoms with van der Waals surface area (Å²) in [4.78, 5) is 19.3. The largest absolute Gasteiger partial charge is 0.500 e. The Labute approximate surface area is 679 Å². The molecule has 18 heteroatoms. The van der Waals surface area contributed by atoms with Crippen LogP contribution in [0.3, 0.4) is 0 Å². The van der Waals surface area contributed by atoms with Crippen LogP contribution in [0.25, 0.3) is 126 Å². The topological polar surface area (TPSA) is 104 Å². The SMILES string of the molecule is C[Si](C)(C)c1cccnc1-c1[c-]cc2sc3ccccc3c2c1.C[Si](C)(C)c1ccnc(-c2[c-]cc3c(c2)c2ccccc2n3-c2ccccc2)c1.C[Si](C)(C)c1ccnc(-c2[c-]cc3oc4ccccc4c3c2)c1.Cc1cc(-c2[c-]cc3c(c2)-c2ccccc2S3(=O)=O)ncc1[Si](C)(C)C.[Ir].[Ir].[Ir].[Ir]. The first-order valence-corrected chi connectivity index (χ1v) is 50.5. The Morgan fingerprint density at radius 1 is 0.390 bits per heavy atom. The van der Waals surface area contributed by atoms with Crippen LogP contribution in [0.5, 0.6) is 0 Å². The van der Waals surface area contributed by atoms with Gasteiger partial charge in [-0.15, -0.1) is 95.1 Å². The van der Waals surface area contributed by atoms with E-state index in [1.807, 2.05) is 78.6 Å². The molecule has 0 atom stereocenters. The fourth-order valence-electron chi connectivity index (χ4n) is 13.4. The third-order valence-corrected chi connectivity index (χ3v) is 30.0. The van der Waals surface area contributed by atoms with Gasteiger partial charge in [0.25, 0.3) is 0 Å². The van der Waals surface area contributed by atoms with Crippen molar-refractivity contribution < 1.29 is 93.3 Å². The zero-order chi connectivity index (χ0) is 70.8. The van der Waals surface area contributed by atoms with Gasteiger partial charge in [-0.25, -0.2) is 8.42 Å². The minimum atomic E-state index is -3.44. The molecule has 17 rings (SSSR count). The molecule has 0 aliphatic carbocycles. The van der Waals surface area contributed by atoms with Crippen molar-refractivity contribution in [2.75, 3.05) is 0 Å². The summed E-state index contributed by atoms with van der Waals surface area (Å²) < 4.78 is 36.2. The van der Waals surface area contributed by atoms with E-state index >= 15 is 0 Å². The molecule has 0 amide bonds. The average molecular weight is 2190 g/mol. The standard InChI is InChI=1S/C26H23N2Si.C21H20NO2SSi.C20H18NOSi.C20H18NSSi.4Ir/c1-29(2,3)21-15-16-27-24(18-21)19-13-14-26-23(17-19)22-11-7-8-12-25(22)28(26)20-9-5-4-6-10-20;1-14-11-18(22-13-21(14)26(2,3)4)15-9-10-20-17(12-15)16-7-5-6-8-19(16)25(20,23)24;1-23(2,3)15-10-11-21-18(13-15)14-8-9-20-17(12-14)16-6-4-5-7-19(16)22-20;1-23(2,3)19-9-6-12-21-20(19)14-10-11-18-16(13-14)15-7-4-5-8-17(15)22-18;;;;/h4-12,14-18H,1-3H3;5-8,10-13H,1-4H3;4-7,9-13H,1-3H3;4-9,11-13H,1-3H3;;;;/q4*-1;;;;. The van der Waals surface area contributed by atoms with Gasteiger partial charge in [0.05, 0.1) is 42.8 Å². The van der Waals surface area contributed by atoms with Gasteiger partial charge in [0.1, 0.15) is 5.58 Å². The fraction of sp³-hybridized carbons (Fsp3) is 0.149. The van der Waals surface area contributed by atoms with E-state index < -0.39 is 42.1 Å². The van der Waals surface area contributed by atoms with E-state index in [1.54, 1.807) is 18.2 Å². The summed E-state index contributed by atoms with van der Waals surface area (Å²) in [6, 6.07) is 87.9. The van der Waals surface area contributed by atoms with Crippen molar-refractivity contribution in [3.05, 3.63) is 273 Å². The van der Waals surface area contributed by atoms with Crippen molar-refractivity contribution in [2.45, 2.75) is 95.3 Å². The van der Waals surface area contributed by atoms with Crippen LogP contribution < -0.4 is 20.7 Å². The van der Waals surface area contributed by atoms with Crippen LogP contribution in [0.2, 0.25) is 78.6 Å². The molecule has 0 bridgehead atoms. The summed E-state index contributed by atoms with van der Waals surface area (Å²) in [6.45, 7) is 30.3. The van der Waals surface area contributed by atoms with Crippen molar-refractivity contribution in [2.24, 2.45) is 0 Å². The zero-order valence-electron chi connectivity index (χ0n) is 60.7. The van der Waals surface area contributed by atoms with E-state index in [9.17, 15) is 8.42 Å². The smallest absolute Gasteiger partial charge is 0.173 e. The summed E-state index contributed by atoms with van der Waals surface area (Å²) in [5, 5.41) is 13.0. The van der Waals surface area contributed by atoms with E-state index in [4.69, 9.17) is 9.40 Å². The molecule has 105 heavy (non-hydrogen) atoms. The molecule has 0 unspecified atom stereocenters. The number of rotatable bonds is 9.